The van der Waals surface area contributed by atoms with Crippen LogP contribution in [0.5, 0.6) is 0 Å². The van der Waals surface area contributed by atoms with Crippen molar-refractivity contribution in [1.29, 1.82) is 0 Å². The minimum Gasteiger partial charge on any atom is -0.327 e. The number of carbonyl (C=O) groups excluding carboxylic acids is 1. The molecule has 0 aliphatic heterocycles. The van der Waals surface area contributed by atoms with Crippen molar-refractivity contribution in [2.45, 2.75) is 31.2 Å². The van der Waals surface area contributed by atoms with Crippen molar-refractivity contribution < 1.29 is 13.2 Å². The first kappa shape index (κ1) is 15.6. The van der Waals surface area contributed by atoms with E-state index < -0.39 is 10.0 Å². The van der Waals surface area contributed by atoms with Crippen molar-refractivity contribution in [3.8, 4) is 0 Å². The smallest absolute Gasteiger partial charge is 0.242 e. The van der Waals surface area contributed by atoms with Crippen molar-refractivity contribution in [2.24, 2.45) is 5.73 Å². The Balaban J connectivity index is 3.00. The molecular formula is C12H19N3O3S. The summed E-state index contributed by atoms with van der Waals surface area (Å²) in [6.45, 7) is 3.68. The summed E-state index contributed by atoms with van der Waals surface area (Å²) in [4.78, 5) is 11.7. The van der Waals surface area contributed by atoms with Gasteiger partial charge in [0.05, 0.1) is 5.69 Å². The third-order valence-electron chi connectivity index (χ3n) is 2.29. The summed E-state index contributed by atoms with van der Waals surface area (Å²) in [6.07, 6.45) is 0.135. The maximum Gasteiger partial charge on any atom is 0.242 e. The normalized spacial score (nSPS) is 13.0. The molecule has 1 unspecified atom stereocenters. The molecule has 4 N–H and O–H groups in total. The van der Waals surface area contributed by atoms with Gasteiger partial charge < -0.3 is 11.1 Å². The molecular weight excluding hydrogens is 266 g/mol. The summed E-state index contributed by atoms with van der Waals surface area (Å²) in [5.41, 5.74) is 5.79. The molecule has 106 valence electrons. The summed E-state index contributed by atoms with van der Waals surface area (Å²) >= 11 is 0. The van der Waals surface area contributed by atoms with Crippen molar-refractivity contribution in [3.05, 3.63) is 24.3 Å². The third kappa shape index (κ3) is 4.62. The highest BCUT2D eigenvalue weighted by atomic mass is 32.2. The van der Waals surface area contributed by atoms with Crippen molar-refractivity contribution in [2.75, 3.05) is 11.9 Å². The highest BCUT2D eigenvalue weighted by molar-refractivity contribution is 7.89. The van der Waals surface area contributed by atoms with E-state index in [1.54, 1.807) is 32.0 Å². The van der Waals surface area contributed by atoms with E-state index in [1.165, 1.54) is 6.07 Å². The van der Waals surface area contributed by atoms with Crippen molar-refractivity contribution in [1.82, 2.24) is 4.72 Å². The first-order chi connectivity index (χ1) is 8.86. The number of anilines is 1. The Morgan fingerprint density at radius 3 is 2.58 bits per heavy atom. The lowest BCUT2D eigenvalue weighted by molar-refractivity contribution is -0.116. The van der Waals surface area contributed by atoms with Gasteiger partial charge in [0.25, 0.3) is 0 Å². The zero-order valence-corrected chi connectivity index (χ0v) is 11.8. The Kier molecular flexibility index (Phi) is 5.46. The molecule has 1 atom stereocenters. The van der Waals surface area contributed by atoms with Gasteiger partial charge in [0, 0.05) is 19.0 Å². The minimum atomic E-state index is -3.61. The molecule has 0 aliphatic carbocycles. The molecule has 0 spiro atoms. The van der Waals surface area contributed by atoms with Crippen LogP contribution in [0.15, 0.2) is 29.2 Å². The van der Waals surface area contributed by atoms with Gasteiger partial charge in [-0.15, -0.1) is 0 Å². The number of para-hydroxylation sites is 1. The molecule has 7 heteroatoms. The lowest BCUT2D eigenvalue weighted by atomic mass is 10.2. The van der Waals surface area contributed by atoms with E-state index in [9.17, 15) is 13.2 Å². The molecule has 1 aromatic rings. The van der Waals surface area contributed by atoms with Crippen LogP contribution in [0.2, 0.25) is 0 Å². The van der Waals surface area contributed by atoms with Crippen LogP contribution in [-0.2, 0) is 14.8 Å². The van der Waals surface area contributed by atoms with E-state index in [4.69, 9.17) is 5.73 Å². The molecule has 0 saturated heterocycles. The van der Waals surface area contributed by atoms with Gasteiger partial charge in [-0.25, -0.2) is 13.1 Å². The van der Waals surface area contributed by atoms with E-state index in [1.807, 2.05) is 0 Å². The number of hydrogen-bond acceptors (Lipinski definition) is 4. The number of sulfonamides is 1. The Bertz CT molecular complexity index is 541. The molecule has 0 heterocycles. The summed E-state index contributed by atoms with van der Waals surface area (Å²) in [6, 6.07) is 5.97. The SMILES string of the molecule is CCNS(=O)(=O)c1ccccc1NC(=O)CC(C)N. The highest BCUT2D eigenvalue weighted by Crippen LogP contribution is 2.20. The average Bonchev–Trinajstić information content (AvgIpc) is 2.28. The molecule has 1 rings (SSSR count). The standard InChI is InChI=1S/C12H19N3O3S/c1-3-14-19(17,18)11-7-5-4-6-10(11)15-12(16)8-9(2)13/h4-7,9,14H,3,8,13H2,1-2H3,(H,15,16). The minimum absolute atomic E-state index is 0.0508. The number of amides is 1. The van der Waals surface area contributed by atoms with Crippen LogP contribution in [0, 0.1) is 0 Å². The zero-order chi connectivity index (χ0) is 14.5. The summed E-state index contributed by atoms with van der Waals surface area (Å²) in [5.74, 6) is -0.311. The van der Waals surface area contributed by atoms with Crippen LogP contribution in [0.1, 0.15) is 20.3 Å². The quantitative estimate of drug-likeness (QED) is 0.714. The number of rotatable bonds is 6. The van der Waals surface area contributed by atoms with Crippen LogP contribution < -0.4 is 15.8 Å². The fourth-order valence-electron chi connectivity index (χ4n) is 1.57. The van der Waals surface area contributed by atoms with E-state index in [0.717, 1.165) is 0 Å². The second-order valence-electron chi connectivity index (χ2n) is 4.23. The van der Waals surface area contributed by atoms with Crippen molar-refractivity contribution in [3.63, 3.8) is 0 Å². The molecule has 1 aromatic carbocycles. The zero-order valence-electron chi connectivity index (χ0n) is 11.0. The van der Waals surface area contributed by atoms with Crippen LogP contribution in [0.25, 0.3) is 0 Å². The van der Waals surface area contributed by atoms with E-state index >= 15 is 0 Å². The second kappa shape index (κ2) is 6.65. The molecule has 0 fully saturated rings. The molecule has 1 amide bonds. The van der Waals surface area contributed by atoms with Gasteiger partial charge in [-0.2, -0.15) is 0 Å². The van der Waals surface area contributed by atoms with Crippen LogP contribution in [-0.4, -0.2) is 26.9 Å². The van der Waals surface area contributed by atoms with Gasteiger partial charge >= 0.3 is 0 Å². The molecule has 0 aliphatic rings. The maximum atomic E-state index is 12.0. The van der Waals surface area contributed by atoms with Gasteiger partial charge in [0.15, 0.2) is 0 Å². The predicted octanol–water partition coefficient (Wildman–Crippen LogP) is 0.661. The predicted molar refractivity (Wildman–Crippen MR) is 74.2 cm³/mol. The number of nitrogens with two attached hydrogens (primary N) is 1. The van der Waals surface area contributed by atoms with Crippen LogP contribution in [0.3, 0.4) is 0 Å². The lowest BCUT2D eigenvalue weighted by Crippen LogP contribution is -2.27. The van der Waals surface area contributed by atoms with Crippen LogP contribution in [0.4, 0.5) is 5.69 Å². The first-order valence-corrected chi connectivity index (χ1v) is 7.49. The summed E-state index contributed by atoms with van der Waals surface area (Å²) in [7, 11) is -3.61. The number of benzene rings is 1. The fourth-order valence-corrected chi connectivity index (χ4v) is 2.77. The summed E-state index contributed by atoms with van der Waals surface area (Å²) in [5, 5.41) is 2.57. The Hall–Kier alpha value is -1.44. The molecule has 19 heavy (non-hydrogen) atoms. The molecule has 6 nitrogen and oxygen atoms in total. The lowest BCUT2D eigenvalue weighted by Gasteiger charge is -2.12. The van der Waals surface area contributed by atoms with E-state index in [0.29, 0.717) is 0 Å². The molecule has 0 aromatic heterocycles. The third-order valence-corrected chi connectivity index (χ3v) is 3.90. The van der Waals surface area contributed by atoms with Gasteiger partial charge in [0.2, 0.25) is 15.9 Å². The van der Waals surface area contributed by atoms with E-state index in [-0.39, 0.29) is 35.5 Å². The van der Waals surface area contributed by atoms with Gasteiger partial charge in [-0.3, -0.25) is 4.79 Å². The number of nitrogens with one attached hydrogen (secondary N) is 2. The van der Waals surface area contributed by atoms with Gasteiger partial charge in [0.1, 0.15) is 4.90 Å². The highest BCUT2D eigenvalue weighted by Gasteiger charge is 2.18. The Labute approximate surface area is 113 Å². The first-order valence-electron chi connectivity index (χ1n) is 6.01. The number of carbonyl (C=O) groups is 1. The van der Waals surface area contributed by atoms with Crippen LogP contribution >= 0.6 is 0 Å². The Morgan fingerprint density at radius 1 is 1.37 bits per heavy atom. The molecule has 0 radical (unpaired) electrons. The van der Waals surface area contributed by atoms with Gasteiger partial charge in [-0.1, -0.05) is 19.1 Å². The second-order valence-corrected chi connectivity index (χ2v) is 5.96. The van der Waals surface area contributed by atoms with Crippen molar-refractivity contribution >= 4 is 21.6 Å². The largest absolute Gasteiger partial charge is 0.327 e. The van der Waals surface area contributed by atoms with E-state index in [2.05, 4.69) is 10.0 Å². The maximum absolute atomic E-state index is 12.0. The van der Waals surface area contributed by atoms with Gasteiger partial charge in [-0.05, 0) is 19.1 Å². The molecule has 0 bridgehead atoms. The summed E-state index contributed by atoms with van der Waals surface area (Å²) < 4.78 is 26.3. The molecule has 0 saturated carbocycles. The average molecular weight is 285 g/mol. The monoisotopic (exact) mass is 285 g/mol. The topological polar surface area (TPSA) is 101 Å². The number of hydrogen-bond donors (Lipinski definition) is 3. The fraction of sp³-hybridized carbons (Fsp3) is 0.417. The Morgan fingerprint density at radius 2 is 2.00 bits per heavy atom.